The first kappa shape index (κ1) is 29.5. The molecule has 3 aliphatic rings. The van der Waals surface area contributed by atoms with Crippen LogP contribution in [0.5, 0.6) is 5.75 Å². The molecule has 1 aromatic heterocycles. The van der Waals surface area contributed by atoms with Crippen LogP contribution in [0.3, 0.4) is 0 Å². The maximum absolute atomic E-state index is 14.7. The fourth-order valence-corrected chi connectivity index (χ4v) is 5.71. The third-order valence-corrected chi connectivity index (χ3v) is 7.52. The Morgan fingerprint density at radius 3 is 2.82 bits per heavy atom. The molecule has 2 amide bonds. The van der Waals surface area contributed by atoms with Crippen molar-refractivity contribution in [3.8, 4) is 5.75 Å². The summed E-state index contributed by atoms with van der Waals surface area (Å²) in [6.07, 6.45) is 5.37. The van der Waals surface area contributed by atoms with Gasteiger partial charge in [-0.1, -0.05) is 0 Å². The molecule has 2 aromatic rings. The van der Waals surface area contributed by atoms with Crippen molar-refractivity contribution >= 4 is 53.1 Å². The van der Waals surface area contributed by atoms with Gasteiger partial charge in [0.15, 0.2) is 11.6 Å². The van der Waals surface area contributed by atoms with Gasteiger partial charge in [0.1, 0.15) is 11.4 Å². The average molecular weight is 662 g/mol. The lowest BCUT2D eigenvalue weighted by Crippen LogP contribution is -2.58. The Morgan fingerprint density at radius 2 is 2.13 bits per heavy atom. The van der Waals surface area contributed by atoms with Crippen molar-refractivity contribution in [2.75, 3.05) is 42.5 Å². The molecule has 0 bridgehead atoms. The van der Waals surface area contributed by atoms with Crippen LogP contribution in [0.25, 0.3) is 0 Å². The molecule has 6 N–H and O–H groups in total. The van der Waals surface area contributed by atoms with E-state index in [0.717, 1.165) is 30.6 Å². The lowest BCUT2D eigenvalue weighted by Gasteiger charge is -2.47. The Hall–Kier alpha value is -2.53. The summed E-state index contributed by atoms with van der Waals surface area (Å²) < 4.78 is 25.3. The second-order valence-corrected chi connectivity index (χ2v) is 10.6. The normalized spacial score (nSPS) is 22.2. The summed E-state index contributed by atoms with van der Waals surface area (Å²) in [6.45, 7) is 6.52. The van der Waals surface area contributed by atoms with Crippen LogP contribution < -0.4 is 37.1 Å². The van der Waals surface area contributed by atoms with Gasteiger partial charge in [0, 0.05) is 26.2 Å². The van der Waals surface area contributed by atoms with E-state index in [9.17, 15) is 9.18 Å². The van der Waals surface area contributed by atoms with Crippen LogP contribution in [0, 0.1) is 5.82 Å². The second kappa shape index (κ2) is 12.3. The monoisotopic (exact) mass is 661 g/mol. The van der Waals surface area contributed by atoms with Crippen molar-refractivity contribution in [2.45, 2.75) is 63.2 Å². The fourth-order valence-electron chi connectivity index (χ4n) is 5.71. The Labute approximate surface area is 247 Å². The second-order valence-electron chi connectivity index (χ2n) is 10.6. The molecule has 2 atom stereocenters. The molecule has 0 aliphatic carbocycles. The molecule has 4 heterocycles. The van der Waals surface area contributed by atoms with Crippen LogP contribution >= 0.6 is 24.0 Å². The minimum atomic E-state index is -0.507. The van der Waals surface area contributed by atoms with Gasteiger partial charge in [-0.15, -0.1) is 24.0 Å². The zero-order valence-corrected chi connectivity index (χ0v) is 24.7. The molecule has 12 nitrogen and oxygen atoms in total. The minimum Gasteiger partial charge on any atom is -0.495 e. The number of halogens is 2. The van der Waals surface area contributed by atoms with Gasteiger partial charge >= 0.3 is 6.03 Å². The number of fused-ring (bicyclic) bond motifs is 1. The maximum atomic E-state index is 14.7. The Morgan fingerprint density at radius 1 is 1.33 bits per heavy atom. The highest BCUT2D eigenvalue weighted by Crippen LogP contribution is 2.39. The number of ether oxygens (including phenoxy) is 2. The van der Waals surface area contributed by atoms with E-state index in [1.165, 1.54) is 20.0 Å². The lowest BCUT2D eigenvalue weighted by molar-refractivity contribution is 0.000258. The van der Waals surface area contributed by atoms with Crippen LogP contribution in [-0.4, -0.2) is 71.4 Å². The summed E-state index contributed by atoms with van der Waals surface area (Å²) in [5.41, 5.74) is 3.36. The predicted molar refractivity (Wildman–Crippen MR) is 161 cm³/mol. The van der Waals surface area contributed by atoms with Gasteiger partial charge in [-0.3, -0.25) is 10.7 Å². The number of aromatic nitrogens is 2. The number of hydrazine groups is 2. The number of nitrogens with zero attached hydrogens (tertiary/aromatic N) is 4. The number of nitrogens with two attached hydrogens (primary N) is 1. The average Bonchev–Trinajstić information content (AvgIpc) is 3.34. The molecule has 0 radical (unpaired) electrons. The van der Waals surface area contributed by atoms with E-state index in [0.29, 0.717) is 36.4 Å². The quantitative estimate of drug-likeness (QED) is 0.162. The van der Waals surface area contributed by atoms with Gasteiger partial charge in [-0.25, -0.2) is 19.2 Å². The Kier molecular flexibility index (Phi) is 9.31. The van der Waals surface area contributed by atoms with E-state index in [4.69, 9.17) is 15.3 Å². The summed E-state index contributed by atoms with van der Waals surface area (Å²) in [4.78, 5) is 23.9. The number of amides is 2. The lowest BCUT2D eigenvalue weighted by atomic mass is 9.84. The van der Waals surface area contributed by atoms with Gasteiger partial charge in [0.05, 0.1) is 32.6 Å². The van der Waals surface area contributed by atoms with Gasteiger partial charge in [-0.2, -0.15) is 10.5 Å². The van der Waals surface area contributed by atoms with E-state index in [-0.39, 0.29) is 56.2 Å². The third kappa shape index (κ3) is 6.45. The molecule has 14 heteroatoms. The van der Waals surface area contributed by atoms with Crippen molar-refractivity contribution in [2.24, 2.45) is 5.84 Å². The van der Waals surface area contributed by atoms with E-state index in [1.807, 2.05) is 0 Å². The van der Waals surface area contributed by atoms with E-state index >= 15 is 0 Å². The number of piperidine rings is 1. The number of urea groups is 1. The van der Waals surface area contributed by atoms with Gasteiger partial charge in [0.2, 0.25) is 5.95 Å². The molecule has 3 saturated heterocycles. The number of rotatable bonds is 8. The first-order chi connectivity index (χ1) is 18.3. The van der Waals surface area contributed by atoms with Crippen LogP contribution in [0.15, 0.2) is 24.4 Å². The SMILES string of the molecule is COc1ccc(Nc2ncc(F)c(N[C@@H]3C[C@@H]4CCCN4C(C)(C)C3)n2)cc1N(NN)C(=O)NC1COC1.I.[HH].[HH]. The highest BCUT2D eigenvalue weighted by molar-refractivity contribution is 14.0. The molecule has 3 aliphatic heterocycles. The zero-order valence-electron chi connectivity index (χ0n) is 22.4. The largest absolute Gasteiger partial charge is 0.495 e. The van der Waals surface area contributed by atoms with Gasteiger partial charge in [-0.05, 0) is 64.3 Å². The number of benzene rings is 1. The van der Waals surface area contributed by atoms with Crippen LogP contribution in [-0.2, 0) is 4.74 Å². The molecule has 0 saturated carbocycles. The molecule has 0 unspecified atom stereocenters. The maximum Gasteiger partial charge on any atom is 0.338 e. The third-order valence-electron chi connectivity index (χ3n) is 7.52. The fraction of sp³-hybridized carbons (Fsp3) is 0.560. The summed E-state index contributed by atoms with van der Waals surface area (Å²) >= 11 is 0. The molecule has 1 aromatic carbocycles. The van der Waals surface area contributed by atoms with Crippen molar-refractivity contribution < 1.29 is 21.5 Å². The molecule has 0 spiro atoms. The van der Waals surface area contributed by atoms with Gasteiger partial charge in [0.25, 0.3) is 0 Å². The number of methoxy groups -OCH3 is 1. The smallest absolute Gasteiger partial charge is 0.338 e. The number of carbonyl (C=O) groups excluding carboxylic acids is 1. The summed E-state index contributed by atoms with van der Waals surface area (Å²) in [6, 6.07) is 5.15. The molecule has 218 valence electrons. The number of anilines is 4. The van der Waals surface area contributed by atoms with Crippen LogP contribution in [0.1, 0.15) is 42.4 Å². The Balaban J connectivity index is 0.00000196. The predicted octanol–water partition coefficient (Wildman–Crippen LogP) is 3.59. The highest BCUT2D eigenvalue weighted by Gasteiger charge is 2.43. The zero-order chi connectivity index (χ0) is 26.9. The number of nitrogens with one attached hydrogen (secondary N) is 4. The topological polar surface area (TPSA) is 142 Å². The molecule has 39 heavy (non-hydrogen) atoms. The van der Waals surface area contributed by atoms with E-state index < -0.39 is 11.8 Å². The molecule has 3 fully saturated rings. The van der Waals surface area contributed by atoms with Crippen LogP contribution in [0.4, 0.5) is 32.3 Å². The van der Waals surface area contributed by atoms with Crippen molar-refractivity contribution in [1.29, 1.82) is 0 Å². The standard InChI is InChI=1S/C25H36FN9O3.HI.2H2/c1-25(2)11-16(9-18-5-4-8-34(18)25)29-22-19(26)12-28-23(32-22)30-15-6-7-21(37-3)20(10-15)35(33-27)24(36)31-17-13-38-14-17;;;/h6-7,10,12,16-18,33H,4-5,8-9,11,13-14,27H2,1-3H3,(H,31,36)(H2,28,29,30,32);3*1H/t16-,18+;;;/m1.../s1. The summed E-state index contributed by atoms with van der Waals surface area (Å²) in [7, 11) is 1.50. The number of carbonyl (C=O) groups is 1. The van der Waals surface area contributed by atoms with Crippen molar-refractivity contribution in [3.05, 3.63) is 30.2 Å². The molecule has 5 rings (SSSR count). The summed E-state index contributed by atoms with van der Waals surface area (Å²) in [5.74, 6) is 5.96. The number of hydrogen-bond acceptors (Lipinski definition) is 10. The molecular formula is C25H41FIN9O3. The van der Waals surface area contributed by atoms with E-state index in [1.54, 1.807) is 18.2 Å². The van der Waals surface area contributed by atoms with E-state index in [2.05, 4.69) is 50.2 Å². The summed E-state index contributed by atoms with van der Waals surface area (Å²) in [5, 5.41) is 10.4. The first-order valence-corrected chi connectivity index (χ1v) is 12.9. The van der Waals surface area contributed by atoms with Crippen molar-refractivity contribution in [1.82, 2.24) is 25.7 Å². The van der Waals surface area contributed by atoms with Gasteiger partial charge < -0.3 is 25.4 Å². The highest BCUT2D eigenvalue weighted by atomic mass is 127. The first-order valence-electron chi connectivity index (χ1n) is 12.9. The minimum absolute atomic E-state index is 0. The van der Waals surface area contributed by atoms with Crippen molar-refractivity contribution in [3.63, 3.8) is 0 Å². The molecular weight excluding hydrogens is 620 g/mol. The Bertz CT molecular complexity index is 1180. The van der Waals surface area contributed by atoms with Crippen LogP contribution in [0.2, 0.25) is 0 Å². The number of hydrogen-bond donors (Lipinski definition) is 5.